The molecule has 8 heteroatoms. The largest absolute Gasteiger partial charge is 0.345 e. The number of carbonyl (C=O) groups excluding carboxylic acids is 3. The molecule has 2 fully saturated rings. The lowest BCUT2D eigenvalue weighted by Crippen LogP contribution is -2.58. The Labute approximate surface area is 151 Å². The lowest BCUT2D eigenvalue weighted by Gasteiger charge is -2.42. The highest BCUT2D eigenvalue weighted by molar-refractivity contribution is 6.31. The van der Waals surface area contributed by atoms with E-state index in [1.807, 2.05) is 13.8 Å². The first kappa shape index (κ1) is 17.8. The van der Waals surface area contributed by atoms with Crippen LogP contribution in [0.15, 0.2) is 12.3 Å². The quantitative estimate of drug-likeness (QED) is 0.830. The number of aromatic nitrogens is 1. The third-order valence-corrected chi connectivity index (χ3v) is 5.23. The maximum atomic E-state index is 12.7. The van der Waals surface area contributed by atoms with E-state index >= 15 is 0 Å². The van der Waals surface area contributed by atoms with Gasteiger partial charge in [0.25, 0.3) is 11.8 Å². The molecule has 2 saturated heterocycles. The molecule has 1 aromatic rings. The number of hydrogen-bond acceptors (Lipinski definition) is 3. The number of hydrogen-bond donors (Lipinski definition) is 1. The molecule has 0 saturated carbocycles. The highest BCUT2D eigenvalue weighted by Crippen LogP contribution is 2.34. The molecule has 2 aliphatic heterocycles. The summed E-state index contributed by atoms with van der Waals surface area (Å²) in [7, 11) is 1.78. The van der Waals surface area contributed by atoms with Gasteiger partial charge in [-0.1, -0.05) is 25.4 Å². The van der Waals surface area contributed by atoms with Crippen molar-refractivity contribution in [1.29, 1.82) is 0 Å². The van der Waals surface area contributed by atoms with Gasteiger partial charge in [0.05, 0.1) is 5.02 Å². The lowest BCUT2D eigenvalue weighted by molar-refractivity contribution is -0.129. The van der Waals surface area contributed by atoms with Crippen LogP contribution in [-0.4, -0.2) is 57.4 Å². The van der Waals surface area contributed by atoms with E-state index in [4.69, 9.17) is 11.6 Å². The van der Waals surface area contributed by atoms with Crippen LogP contribution in [0.5, 0.6) is 0 Å². The Hall–Kier alpha value is -2.02. The van der Waals surface area contributed by atoms with Crippen LogP contribution < -0.4 is 5.32 Å². The maximum Gasteiger partial charge on any atom is 0.325 e. The zero-order chi connectivity index (χ0) is 18.4. The second-order valence-corrected chi connectivity index (χ2v) is 7.68. The van der Waals surface area contributed by atoms with Gasteiger partial charge in [0.15, 0.2) is 0 Å². The third kappa shape index (κ3) is 3.01. The third-order valence-electron chi connectivity index (χ3n) is 5.02. The second kappa shape index (κ2) is 6.37. The summed E-state index contributed by atoms with van der Waals surface area (Å²) < 4.78 is 1.70. The predicted octanol–water partition coefficient (Wildman–Crippen LogP) is 1.86. The van der Waals surface area contributed by atoms with E-state index in [1.165, 1.54) is 0 Å². The standard InChI is InChI=1S/C17H23ClN4O3/c1-11(2)9-22-16(25)19-15(24)17(22)4-6-21(7-5-17)14(23)13-8-12(18)10-20(13)3/h8,10-11H,4-7,9H2,1-3H3,(H,19,24,25). The van der Waals surface area contributed by atoms with Crippen LogP contribution in [0.2, 0.25) is 5.02 Å². The smallest absolute Gasteiger partial charge is 0.325 e. The molecular formula is C17H23ClN4O3. The van der Waals surface area contributed by atoms with Gasteiger partial charge in [-0.05, 0) is 24.8 Å². The van der Waals surface area contributed by atoms with Crippen molar-refractivity contribution in [2.24, 2.45) is 13.0 Å². The predicted molar refractivity (Wildman–Crippen MR) is 93.4 cm³/mol. The molecule has 0 atom stereocenters. The highest BCUT2D eigenvalue weighted by atomic mass is 35.5. The molecule has 136 valence electrons. The molecule has 1 spiro atoms. The molecule has 0 unspecified atom stereocenters. The molecular weight excluding hydrogens is 344 g/mol. The van der Waals surface area contributed by atoms with Crippen LogP contribution in [0.1, 0.15) is 37.2 Å². The molecule has 1 aromatic heterocycles. The number of nitrogens with zero attached hydrogens (tertiary/aromatic N) is 3. The summed E-state index contributed by atoms with van der Waals surface area (Å²) in [6.07, 6.45) is 2.58. The van der Waals surface area contributed by atoms with Crippen LogP contribution in [0, 0.1) is 5.92 Å². The van der Waals surface area contributed by atoms with Crippen molar-refractivity contribution in [3.63, 3.8) is 0 Å². The van der Waals surface area contributed by atoms with E-state index in [-0.39, 0.29) is 23.8 Å². The Balaban J connectivity index is 1.76. The van der Waals surface area contributed by atoms with Gasteiger partial charge in [0.2, 0.25) is 0 Å². The van der Waals surface area contributed by atoms with Crippen molar-refractivity contribution in [3.8, 4) is 0 Å². The van der Waals surface area contributed by atoms with Crippen LogP contribution >= 0.6 is 11.6 Å². The van der Waals surface area contributed by atoms with E-state index < -0.39 is 5.54 Å². The summed E-state index contributed by atoms with van der Waals surface area (Å²) in [5.41, 5.74) is -0.309. The van der Waals surface area contributed by atoms with Crippen molar-refractivity contribution < 1.29 is 14.4 Å². The van der Waals surface area contributed by atoms with Gasteiger partial charge in [-0.25, -0.2) is 4.79 Å². The fourth-order valence-corrected chi connectivity index (χ4v) is 3.95. The molecule has 25 heavy (non-hydrogen) atoms. The number of amides is 4. The van der Waals surface area contributed by atoms with Gasteiger partial charge in [-0.2, -0.15) is 0 Å². The molecule has 1 N–H and O–H groups in total. The van der Waals surface area contributed by atoms with Crippen molar-refractivity contribution >= 4 is 29.4 Å². The first-order chi connectivity index (χ1) is 11.7. The topological polar surface area (TPSA) is 74.7 Å². The van der Waals surface area contributed by atoms with Gasteiger partial charge in [-0.15, -0.1) is 0 Å². The Bertz CT molecular complexity index is 719. The van der Waals surface area contributed by atoms with E-state index in [0.717, 1.165) is 0 Å². The minimum atomic E-state index is -0.829. The van der Waals surface area contributed by atoms with E-state index in [1.54, 1.807) is 33.7 Å². The van der Waals surface area contributed by atoms with Gasteiger partial charge in [0.1, 0.15) is 11.2 Å². The number of urea groups is 1. The number of nitrogens with one attached hydrogen (secondary N) is 1. The highest BCUT2D eigenvalue weighted by Gasteiger charge is 2.54. The van der Waals surface area contributed by atoms with E-state index in [2.05, 4.69) is 5.32 Å². The monoisotopic (exact) mass is 366 g/mol. The molecule has 0 bridgehead atoms. The zero-order valence-electron chi connectivity index (χ0n) is 14.7. The molecule has 2 aliphatic rings. The van der Waals surface area contributed by atoms with Gasteiger partial charge in [-0.3, -0.25) is 14.9 Å². The van der Waals surface area contributed by atoms with Crippen molar-refractivity contribution in [1.82, 2.24) is 19.7 Å². The fraction of sp³-hybridized carbons (Fsp3) is 0.588. The fourth-order valence-electron chi connectivity index (χ4n) is 3.70. The number of imide groups is 1. The minimum Gasteiger partial charge on any atom is -0.345 e. The van der Waals surface area contributed by atoms with Gasteiger partial charge < -0.3 is 14.4 Å². The molecule has 0 aliphatic carbocycles. The van der Waals surface area contributed by atoms with Crippen molar-refractivity contribution in [2.75, 3.05) is 19.6 Å². The van der Waals surface area contributed by atoms with Crippen molar-refractivity contribution in [3.05, 3.63) is 23.0 Å². The number of likely N-dealkylation sites (tertiary alicyclic amines) is 1. The average Bonchev–Trinajstić information content (AvgIpc) is 2.99. The molecule has 0 radical (unpaired) electrons. The van der Waals surface area contributed by atoms with Crippen LogP contribution in [0.25, 0.3) is 0 Å². The van der Waals surface area contributed by atoms with Crippen LogP contribution in [0.4, 0.5) is 4.79 Å². The average molecular weight is 367 g/mol. The Kier molecular flexibility index (Phi) is 4.53. The molecule has 3 heterocycles. The van der Waals surface area contributed by atoms with Crippen LogP contribution in [-0.2, 0) is 11.8 Å². The first-order valence-corrected chi connectivity index (χ1v) is 8.86. The van der Waals surface area contributed by atoms with Gasteiger partial charge in [0, 0.05) is 32.9 Å². The van der Waals surface area contributed by atoms with E-state index in [0.29, 0.717) is 43.2 Å². The number of aryl methyl sites for hydroxylation is 1. The SMILES string of the molecule is CC(C)CN1C(=O)NC(=O)C12CCN(C(=O)c1cc(Cl)cn1C)CC2. The summed E-state index contributed by atoms with van der Waals surface area (Å²) in [4.78, 5) is 40.7. The molecule has 4 amide bonds. The summed E-state index contributed by atoms with van der Waals surface area (Å²) in [5, 5.41) is 2.96. The summed E-state index contributed by atoms with van der Waals surface area (Å²) in [6, 6.07) is 1.32. The normalized spacial score (nSPS) is 19.9. The Morgan fingerprint density at radius 3 is 2.48 bits per heavy atom. The Morgan fingerprint density at radius 1 is 1.32 bits per heavy atom. The Morgan fingerprint density at radius 2 is 1.96 bits per heavy atom. The number of rotatable bonds is 3. The second-order valence-electron chi connectivity index (χ2n) is 7.24. The van der Waals surface area contributed by atoms with E-state index in [9.17, 15) is 14.4 Å². The number of halogens is 1. The molecule has 7 nitrogen and oxygen atoms in total. The lowest BCUT2D eigenvalue weighted by atomic mass is 9.85. The molecule has 0 aromatic carbocycles. The summed E-state index contributed by atoms with van der Waals surface area (Å²) in [5.74, 6) is -0.0877. The zero-order valence-corrected chi connectivity index (χ0v) is 15.5. The molecule has 3 rings (SSSR count). The first-order valence-electron chi connectivity index (χ1n) is 8.49. The van der Waals surface area contributed by atoms with Gasteiger partial charge >= 0.3 is 6.03 Å². The van der Waals surface area contributed by atoms with Crippen LogP contribution in [0.3, 0.4) is 0 Å². The maximum absolute atomic E-state index is 12.7. The number of carbonyl (C=O) groups is 3. The summed E-state index contributed by atoms with van der Waals surface area (Å²) in [6.45, 7) is 5.41. The summed E-state index contributed by atoms with van der Waals surface area (Å²) >= 11 is 5.96. The minimum absolute atomic E-state index is 0.107. The number of piperidine rings is 1. The van der Waals surface area contributed by atoms with Crippen molar-refractivity contribution in [2.45, 2.75) is 32.2 Å².